The van der Waals surface area contributed by atoms with Crippen LogP contribution in [0.25, 0.3) is 0 Å². The third-order valence-electron chi connectivity index (χ3n) is 3.49. The minimum atomic E-state index is 0.131. The van der Waals surface area contributed by atoms with Crippen molar-refractivity contribution in [3.63, 3.8) is 0 Å². The highest BCUT2D eigenvalue weighted by molar-refractivity contribution is 5.83. The van der Waals surface area contributed by atoms with E-state index in [9.17, 15) is 0 Å². The van der Waals surface area contributed by atoms with Crippen LogP contribution in [-0.4, -0.2) is 17.9 Å². The first kappa shape index (κ1) is 13.1. The summed E-state index contributed by atoms with van der Waals surface area (Å²) in [6.07, 6.45) is 5.90. The smallest absolute Gasteiger partial charge is 0.0967 e. The molecule has 18 heavy (non-hydrogen) atoms. The number of nitrogens with zero attached hydrogens (tertiary/aromatic N) is 1. The molecule has 0 bridgehead atoms. The molecule has 1 N–H and O–H groups in total. The molecule has 0 spiro atoms. The van der Waals surface area contributed by atoms with Crippen LogP contribution in [0.5, 0.6) is 0 Å². The van der Waals surface area contributed by atoms with Crippen molar-refractivity contribution in [2.24, 2.45) is 4.99 Å². The lowest BCUT2D eigenvalue weighted by atomic mass is 9.94. The maximum absolute atomic E-state index is 4.58. The van der Waals surface area contributed by atoms with Crippen molar-refractivity contribution in [1.29, 1.82) is 0 Å². The molecule has 0 radical (unpaired) electrons. The fraction of sp³-hybridized carbons (Fsp3) is 0.562. The summed E-state index contributed by atoms with van der Waals surface area (Å²) >= 11 is 0. The van der Waals surface area contributed by atoms with E-state index in [1.54, 1.807) is 0 Å². The van der Waals surface area contributed by atoms with Crippen molar-refractivity contribution >= 4 is 5.84 Å². The highest BCUT2D eigenvalue weighted by Gasteiger charge is 2.19. The molecule has 0 unspecified atom stereocenters. The van der Waals surface area contributed by atoms with Crippen molar-refractivity contribution in [3.05, 3.63) is 35.9 Å². The summed E-state index contributed by atoms with van der Waals surface area (Å²) in [5, 5.41) is 3.62. The molecular weight excluding hydrogens is 220 g/mol. The first-order valence-corrected chi connectivity index (χ1v) is 7.01. The zero-order valence-electron chi connectivity index (χ0n) is 11.6. The van der Waals surface area contributed by atoms with Crippen LogP contribution in [-0.2, 0) is 6.42 Å². The Balaban J connectivity index is 1.85. The molecule has 0 atom stereocenters. The highest BCUT2D eigenvalue weighted by Crippen LogP contribution is 2.15. The second kappa shape index (κ2) is 6.03. The van der Waals surface area contributed by atoms with E-state index in [-0.39, 0.29) is 5.54 Å². The third kappa shape index (κ3) is 4.17. The van der Waals surface area contributed by atoms with Gasteiger partial charge in [-0.25, -0.2) is 0 Å². The summed E-state index contributed by atoms with van der Waals surface area (Å²) in [6.45, 7) is 5.54. The lowest BCUT2D eigenvalue weighted by Crippen LogP contribution is -2.44. The van der Waals surface area contributed by atoms with Crippen molar-refractivity contribution in [3.8, 4) is 0 Å². The molecule has 2 heteroatoms. The van der Waals surface area contributed by atoms with Gasteiger partial charge in [-0.15, -0.1) is 0 Å². The molecule has 0 aromatic heterocycles. The zero-order valence-corrected chi connectivity index (χ0v) is 11.6. The Morgan fingerprint density at radius 1 is 1.17 bits per heavy atom. The number of hydrogen-bond acceptors (Lipinski definition) is 2. The zero-order chi connectivity index (χ0) is 12.8. The first-order chi connectivity index (χ1) is 8.66. The summed E-state index contributed by atoms with van der Waals surface area (Å²) in [5.41, 5.74) is 1.55. The Labute approximate surface area is 111 Å². The van der Waals surface area contributed by atoms with E-state index in [0.29, 0.717) is 0 Å². The van der Waals surface area contributed by atoms with Crippen LogP contribution in [0.2, 0.25) is 0 Å². The van der Waals surface area contributed by atoms with Gasteiger partial charge in [-0.1, -0.05) is 30.3 Å². The van der Waals surface area contributed by atoms with E-state index in [4.69, 9.17) is 0 Å². The van der Waals surface area contributed by atoms with Crippen LogP contribution in [0.1, 0.15) is 45.1 Å². The van der Waals surface area contributed by atoms with Gasteiger partial charge in [0.25, 0.3) is 0 Å². The number of hydrogen-bond donors (Lipinski definition) is 1. The predicted octanol–water partition coefficient (Wildman–Crippen LogP) is 3.57. The maximum Gasteiger partial charge on any atom is 0.0967 e. The molecule has 0 aliphatic carbocycles. The Bertz CT molecular complexity index is 393. The lowest BCUT2D eigenvalue weighted by Gasteiger charge is -2.29. The van der Waals surface area contributed by atoms with E-state index in [2.05, 4.69) is 54.5 Å². The summed E-state index contributed by atoms with van der Waals surface area (Å²) in [6, 6.07) is 10.7. The van der Waals surface area contributed by atoms with E-state index in [0.717, 1.165) is 25.8 Å². The average Bonchev–Trinajstić information content (AvgIpc) is 2.38. The van der Waals surface area contributed by atoms with Gasteiger partial charge in [0.05, 0.1) is 5.84 Å². The Kier molecular flexibility index (Phi) is 4.40. The molecule has 1 aliphatic heterocycles. The number of rotatable bonds is 4. The van der Waals surface area contributed by atoms with E-state index < -0.39 is 0 Å². The van der Waals surface area contributed by atoms with Crippen molar-refractivity contribution in [1.82, 2.24) is 5.32 Å². The molecule has 0 amide bonds. The summed E-state index contributed by atoms with van der Waals surface area (Å²) in [7, 11) is 0. The van der Waals surface area contributed by atoms with Crippen LogP contribution >= 0.6 is 0 Å². The molecule has 1 aliphatic rings. The van der Waals surface area contributed by atoms with Gasteiger partial charge in [0.15, 0.2) is 0 Å². The Morgan fingerprint density at radius 2 is 1.94 bits per heavy atom. The van der Waals surface area contributed by atoms with Crippen LogP contribution in [0.3, 0.4) is 0 Å². The largest absolute Gasteiger partial charge is 0.369 e. The number of aryl methyl sites for hydroxylation is 1. The molecule has 2 rings (SSSR count). The number of benzene rings is 1. The van der Waals surface area contributed by atoms with E-state index in [1.165, 1.54) is 24.2 Å². The highest BCUT2D eigenvalue weighted by atomic mass is 15.0. The van der Waals surface area contributed by atoms with Gasteiger partial charge in [0, 0.05) is 18.5 Å². The molecule has 0 saturated heterocycles. The van der Waals surface area contributed by atoms with Crippen LogP contribution in [0, 0.1) is 0 Å². The predicted molar refractivity (Wildman–Crippen MR) is 78.1 cm³/mol. The molecule has 98 valence electrons. The first-order valence-electron chi connectivity index (χ1n) is 7.01. The Hall–Kier alpha value is -1.31. The number of aliphatic imine (C=N–C) groups is 1. The quantitative estimate of drug-likeness (QED) is 0.860. The number of nitrogens with one attached hydrogen (secondary N) is 1. The number of amidine groups is 1. The molecular formula is C16H24N2. The standard InChI is InChI=1S/C16H24N2/c1-16(2,18-15-10-6-7-13-17-15)12-11-14-8-4-3-5-9-14/h3-5,8-9H,6-7,10-13H2,1-2H3,(H,17,18). The van der Waals surface area contributed by atoms with E-state index in [1.807, 2.05) is 0 Å². The molecule has 0 saturated carbocycles. The summed E-state index contributed by atoms with van der Waals surface area (Å²) in [5.74, 6) is 1.21. The van der Waals surface area contributed by atoms with E-state index >= 15 is 0 Å². The fourth-order valence-corrected chi connectivity index (χ4v) is 2.35. The second-order valence-electron chi connectivity index (χ2n) is 5.78. The van der Waals surface area contributed by atoms with Crippen molar-refractivity contribution in [2.45, 2.75) is 51.5 Å². The van der Waals surface area contributed by atoms with Crippen LogP contribution in [0.4, 0.5) is 0 Å². The summed E-state index contributed by atoms with van der Waals surface area (Å²) in [4.78, 5) is 4.58. The lowest BCUT2D eigenvalue weighted by molar-refractivity contribution is 0.419. The van der Waals surface area contributed by atoms with Gasteiger partial charge in [-0.2, -0.15) is 0 Å². The normalized spacial score (nSPS) is 16.2. The Morgan fingerprint density at radius 3 is 2.61 bits per heavy atom. The minimum Gasteiger partial charge on any atom is -0.369 e. The average molecular weight is 244 g/mol. The van der Waals surface area contributed by atoms with Crippen molar-refractivity contribution < 1.29 is 0 Å². The minimum absolute atomic E-state index is 0.131. The monoisotopic (exact) mass is 244 g/mol. The maximum atomic E-state index is 4.58. The van der Waals surface area contributed by atoms with Gasteiger partial charge >= 0.3 is 0 Å². The summed E-state index contributed by atoms with van der Waals surface area (Å²) < 4.78 is 0. The fourth-order valence-electron chi connectivity index (χ4n) is 2.35. The van der Waals surface area contributed by atoms with Crippen LogP contribution < -0.4 is 5.32 Å². The topological polar surface area (TPSA) is 24.4 Å². The molecule has 2 nitrogen and oxygen atoms in total. The second-order valence-corrected chi connectivity index (χ2v) is 5.78. The molecule has 1 aromatic rings. The van der Waals surface area contributed by atoms with Crippen LogP contribution in [0.15, 0.2) is 35.3 Å². The molecule has 1 heterocycles. The molecule has 1 aromatic carbocycles. The SMILES string of the molecule is CC(C)(CCc1ccccc1)NC1=NCCCC1. The third-order valence-corrected chi connectivity index (χ3v) is 3.49. The molecule has 0 fully saturated rings. The van der Waals surface area contributed by atoms with Gasteiger partial charge in [0.2, 0.25) is 0 Å². The van der Waals surface area contributed by atoms with Gasteiger partial charge in [0.1, 0.15) is 0 Å². The van der Waals surface area contributed by atoms with Crippen molar-refractivity contribution in [2.75, 3.05) is 6.54 Å². The van der Waals surface area contributed by atoms with Gasteiger partial charge in [-0.05, 0) is 45.1 Å². The van der Waals surface area contributed by atoms with Gasteiger partial charge < -0.3 is 5.32 Å². The van der Waals surface area contributed by atoms with Gasteiger partial charge in [-0.3, -0.25) is 4.99 Å².